The predicted octanol–water partition coefficient (Wildman–Crippen LogP) is 3.77. The van der Waals surface area contributed by atoms with Crippen LogP contribution in [0.3, 0.4) is 0 Å². The Hall–Kier alpha value is 0.580. The molecule has 22 heavy (non-hydrogen) atoms. The number of hydrogen-bond donors (Lipinski definition) is 0. The summed E-state index contributed by atoms with van der Waals surface area (Å²) >= 11 is 37.9. The summed E-state index contributed by atoms with van der Waals surface area (Å²) in [6, 6.07) is 0. The van der Waals surface area contributed by atoms with E-state index in [2.05, 4.69) is 0 Å². The molecule has 2 fully saturated rings. The van der Waals surface area contributed by atoms with E-state index >= 15 is 0 Å². The Balaban J connectivity index is 2.15. The van der Waals surface area contributed by atoms with E-state index in [-0.39, 0.29) is 16.7 Å². The number of imide groups is 1. The number of carbonyl (C=O) groups is 2. The van der Waals surface area contributed by atoms with Gasteiger partial charge >= 0.3 is 0 Å². The molecule has 10 heteroatoms. The SMILES string of the molecule is CCCON1C(=O)[C@H]2[C@H](C1=O)[C@]1(Cl)C(Cl)=C(Cl)[C@]2(Cl)C1(Cl)Cl. The highest BCUT2D eigenvalue weighted by atomic mass is 35.5. The van der Waals surface area contributed by atoms with Gasteiger partial charge in [-0.3, -0.25) is 14.4 Å². The third kappa shape index (κ3) is 1.58. The monoisotopic (exact) mass is 425 g/mol. The minimum absolute atomic E-state index is 0.115. The van der Waals surface area contributed by atoms with Crippen LogP contribution in [0.5, 0.6) is 0 Å². The van der Waals surface area contributed by atoms with Gasteiger partial charge in [-0.15, -0.1) is 23.2 Å². The van der Waals surface area contributed by atoms with Crippen molar-refractivity contribution < 1.29 is 14.4 Å². The molecule has 0 aromatic rings. The average molecular weight is 428 g/mol. The first-order valence-electron chi connectivity index (χ1n) is 6.41. The second-order valence-corrected chi connectivity index (χ2v) is 8.66. The molecule has 1 heterocycles. The highest BCUT2D eigenvalue weighted by Gasteiger charge is 2.87. The van der Waals surface area contributed by atoms with Crippen molar-refractivity contribution in [3.8, 4) is 0 Å². The van der Waals surface area contributed by atoms with Gasteiger partial charge in [-0.25, -0.2) is 0 Å². The largest absolute Gasteiger partial charge is 0.272 e. The number of carbonyl (C=O) groups excluding carboxylic acids is 2. The molecule has 1 saturated carbocycles. The van der Waals surface area contributed by atoms with Crippen molar-refractivity contribution >= 4 is 81.4 Å². The smallest absolute Gasteiger partial charge is 0.259 e. The van der Waals surface area contributed by atoms with Crippen LogP contribution >= 0.6 is 69.6 Å². The van der Waals surface area contributed by atoms with Crippen molar-refractivity contribution in [3.63, 3.8) is 0 Å². The molecule has 2 amide bonds. The molecule has 2 aliphatic carbocycles. The van der Waals surface area contributed by atoms with E-state index in [1.54, 1.807) is 0 Å². The van der Waals surface area contributed by atoms with Crippen LogP contribution < -0.4 is 0 Å². The first-order valence-corrected chi connectivity index (χ1v) is 8.67. The van der Waals surface area contributed by atoms with Crippen molar-refractivity contribution in [2.75, 3.05) is 6.61 Å². The van der Waals surface area contributed by atoms with Crippen LogP contribution in [-0.4, -0.2) is 37.6 Å². The summed E-state index contributed by atoms with van der Waals surface area (Å²) in [5.74, 6) is -3.62. The molecule has 1 aliphatic heterocycles. The van der Waals surface area contributed by atoms with Crippen LogP contribution in [-0.2, 0) is 14.4 Å². The number of hydroxylamine groups is 2. The van der Waals surface area contributed by atoms with Crippen molar-refractivity contribution in [1.82, 2.24) is 5.06 Å². The third-order valence-electron chi connectivity index (χ3n) is 4.29. The van der Waals surface area contributed by atoms with E-state index in [0.29, 0.717) is 11.5 Å². The number of alkyl halides is 4. The first kappa shape index (κ1) is 17.4. The molecule has 122 valence electrons. The third-order valence-corrected chi connectivity index (χ3v) is 8.55. The van der Waals surface area contributed by atoms with Gasteiger partial charge in [0.25, 0.3) is 11.8 Å². The lowest BCUT2D eigenvalue weighted by Gasteiger charge is -2.34. The number of hydrogen-bond acceptors (Lipinski definition) is 3. The zero-order valence-corrected chi connectivity index (χ0v) is 15.5. The summed E-state index contributed by atoms with van der Waals surface area (Å²) in [7, 11) is 0. The standard InChI is InChI=1S/C12H9Cl6NO3/c1-2-3-22-19-8(20)4-5(9(19)21)11(16)7(14)6(13)10(4,15)12(11,17)18/h4-5H,2-3H2,1H3/t4-,5-,10+,11+/m1/s1. The lowest BCUT2D eigenvalue weighted by molar-refractivity contribution is -0.190. The van der Waals surface area contributed by atoms with Gasteiger partial charge in [-0.05, 0) is 6.42 Å². The Bertz CT molecular complexity index is 576. The normalized spacial score (nSPS) is 42.6. The number of nitrogens with zero attached hydrogens (tertiary/aromatic N) is 1. The summed E-state index contributed by atoms with van der Waals surface area (Å²) in [5.41, 5.74) is 0. The van der Waals surface area contributed by atoms with Gasteiger partial charge in [-0.2, -0.15) is 5.06 Å². The Morgan fingerprint density at radius 3 is 1.77 bits per heavy atom. The molecule has 0 spiro atoms. The Labute approximate surface area is 156 Å². The van der Waals surface area contributed by atoms with Crippen LogP contribution in [0.15, 0.2) is 10.1 Å². The second kappa shape index (κ2) is 5.04. The maximum Gasteiger partial charge on any atom is 0.259 e. The van der Waals surface area contributed by atoms with Crippen molar-refractivity contribution in [2.24, 2.45) is 11.8 Å². The van der Waals surface area contributed by atoms with Crippen LogP contribution in [0.1, 0.15) is 13.3 Å². The first-order chi connectivity index (χ1) is 10.1. The summed E-state index contributed by atoms with van der Waals surface area (Å²) < 4.78 is -1.91. The Kier molecular flexibility index (Phi) is 3.99. The van der Waals surface area contributed by atoms with Crippen molar-refractivity contribution in [1.29, 1.82) is 0 Å². The van der Waals surface area contributed by atoms with Gasteiger partial charge in [0.05, 0.1) is 28.5 Å². The predicted molar refractivity (Wildman–Crippen MR) is 85.4 cm³/mol. The molecule has 3 aliphatic rings. The fraction of sp³-hybridized carbons (Fsp3) is 0.667. The maximum atomic E-state index is 12.6. The summed E-state index contributed by atoms with van der Waals surface area (Å²) in [5, 5.41) is 0.432. The molecule has 3 rings (SSSR count). The summed E-state index contributed by atoms with van der Waals surface area (Å²) in [4.78, 5) is 26.8. The second-order valence-electron chi connectivity index (χ2n) is 5.39. The minimum atomic E-state index is -1.91. The highest BCUT2D eigenvalue weighted by Crippen LogP contribution is 2.77. The molecule has 0 aromatic carbocycles. The lowest BCUT2D eigenvalue weighted by Crippen LogP contribution is -2.50. The fourth-order valence-corrected chi connectivity index (χ4v) is 6.21. The molecule has 4 atom stereocenters. The molecule has 0 unspecified atom stereocenters. The topological polar surface area (TPSA) is 46.6 Å². The number of halogens is 6. The minimum Gasteiger partial charge on any atom is -0.272 e. The van der Waals surface area contributed by atoms with Gasteiger partial charge in [0.2, 0.25) is 0 Å². The van der Waals surface area contributed by atoms with E-state index in [9.17, 15) is 9.59 Å². The molecule has 0 N–H and O–H groups in total. The fourth-order valence-electron chi connectivity index (χ4n) is 3.28. The van der Waals surface area contributed by atoms with Crippen LogP contribution in [0.2, 0.25) is 0 Å². The molecule has 0 radical (unpaired) electrons. The zero-order valence-electron chi connectivity index (χ0n) is 11.0. The number of rotatable bonds is 3. The van der Waals surface area contributed by atoms with E-state index in [1.807, 2.05) is 6.92 Å². The number of fused-ring (bicyclic) bond motifs is 5. The van der Waals surface area contributed by atoms with Crippen LogP contribution in [0, 0.1) is 11.8 Å². The molecule has 1 saturated heterocycles. The van der Waals surface area contributed by atoms with Gasteiger partial charge in [0, 0.05) is 0 Å². The summed E-state index contributed by atoms with van der Waals surface area (Å²) in [6.45, 7) is 2.02. The average Bonchev–Trinajstić information content (AvgIpc) is 2.83. The van der Waals surface area contributed by atoms with Crippen molar-refractivity contribution in [3.05, 3.63) is 10.1 Å². The van der Waals surface area contributed by atoms with Crippen LogP contribution in [0.25, 0.3) is 0 Å². The van der Waals surface area contributed by atoms with E-state index < -0.39 is 37.7 Å². The maximum absolute atomic E-state index is 12.6. The van der Waals surface area contributed by atoms with Crippen LogP contribution in [0.4, 0.5) is 0 Å². The zero-order chi connectivity index (χ0) is 16.7. The van der Waals surface area contributed by atoms with Gasteiger partial charge in [0.15, 0.2) is 4.33 Å². The number of allylic oxidation sites excluding steroid dienone is 2. The van der Waals surface area contributed by atoms with E-state index in [4.69, 9.17) is 74.4 Å². The quantitative estimate of drug-likeness (QED) is 0.508. The van der Waals surface area contributed by atoms with Gasteiger partial charge in [0.1, 0.15) is 9.75 Å². The molecule has 0 aromatic heterocycles. The number of amides is 2. The Morgan fingerprint density at radius 1 is 1.00 bits per heavy atom. The molecular formula is C12H9Cl6NO3. The van der Waals surface area contributed by atoms with Gasteiger partial charge < -0.3 is 0 Å². The lowest BCUT2D eigenvalue weighted by atomic mass is 9.84. The Morgan fingerprint density at radius 2 is 1.41 bits per heavy atom. The van der Waals surface area contributed by atoms with Crippen molar-refractivity contribution in [2.45, 2.75) is 27.4 Å². The highest BCUT2D eigenvalue weighted by molar-refractivity contribution is 6.66. The molecule has 4 nitrogen and oxygen atoms in total. The van der Waals surface area contributed by atoms with E-state index in [0.717, 1.165) is 0 Å². The van der Waals surface area contributed by atoms with Gasteiger partial charge in [-0.1, -0.05) is 53.3 Å². The van der Waals surface area contributed by atoms with E-state index in [1.165, 1.54) is 0 Å². The summed E-state index contributed by atoms with van der Waals surface area (Å²) in [6.07, 6.45) is 0.610. The molecule has 2 bridgehead atoms. The molecular weight excluding hydrogens is 419 g/mol.